The van der Waals surface area contributed by atoms with Crippen LogP contribution in [0.3, 0.4) is 0 Å². The zero-order chi connectivity index (χ0) is 14.5. The average Bonchev–Trinajstić information content (AvgIpc) is 2.81. The molecule has 0 atom stereocenters. The van der Waals surface area contributed by atoms with Gasteiger partial charge in [0.25, 0.3) is 0 Å². The van der Waals surface area contributed by atoms with E-state index in [0.29, 0.717) is 12.3 Å². The lowest BCUT2D eigenvalue weighted by Gasteiger charge is -2.20. The Kier molecular flexibility index (Phi) is 4.50. The summed E-state index contributed by atoms with van der Waals surface area (Å²) in [4.78, 5) is 6.44. The minimum Gasteiger partial charge on any atom is -0.493 e. The summed E-state index contributed by atoms with van der Waals surface area (Å²) in [5.74, 6) is 1.82. The second-order valence-electron chi connectivity index (χ2n) is 4.92. The molecule has 0 fully saturated rings. The molecule has 108 valence electrons. The molecular weight excluding hydrogens is 252 g/mol. The summed E-state index contributed by atoms with van der Waals surface area (Å²) in [7, 11) is 4.01. The third-order valence-corrected chi connectivity index (χ3v) is 3.13. The van der Waals surface area contributed by atoms with Gasteiger partial charge in [0.1, 0.15) is 11.6 Å². The van der Waals surface area contributed by atoms with Crippen molar-refractivity contribution in [2.45, 2.75) is 19.9 Å². The second kappa shape index (κ2) is 6.32. The van der Waals surface area contributed by atoms with Gasteiger partial charge in [-0.25, -0.2) is 4.98 Å². The van der Waals surface area contributed by atoms with Gasteiger partial charge in [0.05, 0.1) is 13.2 Å². The Hall–Kier alpha value is -2.17. The van der Waals surface area contributed by atoms with Gasteiger partial charge in [-0.1, -0.05) is 6.92 Å². The first-order valence-corrected chi connectivity index (χ1v) is 6.81. The van der Waals surface area contributed by atoms with Crippen molar-refractivity contribution in [3.05, 3.63) is 36.4 Å². The first kappa shape index (κ1) is 14.2. The van der Waals surface area contributed by atoms with Gasteiger partial charge >= 0.3 is 0 Å². The maximum atomic E-state index is 5.94. The van der Waals surface area contributed by atoms with Crippen LogP contribution in [0.4, 0.5) is 11.4 Å². The number of benzene rings is 1. The summed E-state index contributed by atoms with van der Waals surface area (Å²) in [5, 5.41) is 0. The molecule has 0 saturated heterocycles. The highest BCUT2D eigenvalue weighted by atomic mass is 16.5. The molecule has 5 nitrogen and oxygen atoms in total. The Morgan fingerprint density at radius 1 is 1.35 bits per heavy atom. The van der Waals surface area contributed by atoms with E-state index >= 15 is 0 Å². The first-order valence-electron chi connectivity index (χ1n) is 6.81. The molecular formula is C15H22N4O. The van der Waals surface area contributed by atoms with Gasteiger partial charge in [-0.2, -0.15) is 0 Å². The molecule has 5 heteroatoms. The van der Waals surface area contributed by atoms with Gasteiger partial charge in [-0.3, -0.25) is 0 Å². The fourth-order valence-corrected chi connectivity index (χ4v) is 1.98. The van der Waals surface area contributed by atoms with Gasteiger partial charge < -0.3 is 19.9 Å². The smallest absolute Gasteiger partial charge is 0.127 e. The van der Waals surface area contributed by atoms with Crippen LogP contribution in [-0.4, -0.2) is 23.2 Å². The van der Waals surface area contributed by atoms with E-state index in [-0.39, 0.29) is 0 Å². The van der Waals surface area contributed by atoms with Crippen LogP contribution in [0.1, 0.15) is 19.2 Å². The molecule has 1 aromatic heterocycles. The maximum absolute atomic E-state index is 5.94. The minimum atomic E-state index is 0.700. The monoisotopic (exact) mass is 274 g/mol. The van der Waals surface area contributed by atoms with Crippen molar-refractivity contribution in [2.24, 2.45) is 7.05 Å². The van der Waals surface area contributed by atoms with Crippen LogP contribution in [0, 0.1) is 0 Å². The van der Waals surface area contributed by atoms with Gasteiger partial charge in [0.2, 0.25) is 0 Å². The predicted octanol–water partition coefficient (Wildman–Crippen LogP) is 2.43. The van der Waals surface area contributed by atoms with Crippen LogP contribution >= 0.6 is 0 Å². The molecule has 0 amide bonds. The lowest BCUT2D eigenvalue weighted by atomic mass is 10.2. The molecule has 0 aliphatic rings. The minimum absolute atomic E-state index is 0.700. The molecule has 0 aliphatic carbocycles. The zero-order valence-electron chi connectivity index (χ0n) is 12.3. The number of hydrogen-bond donors (Lipinski definition) is 1. The highest BCUT2D eigenvalue weighted by Crippen LogP contribution is 2.25. The number of nitrogens with two attached hydrogens (primary N) is 1. The van der Waals surface area contributed by atoms with Gasteiger partial charge in [-0.05, 0) is 12.5 Å². The molecule has 0 spiro atoms. The topological polar surface area (TPSA) is 56.3 Å². The molecule has 20 heavy (non-hydrogen) atoms. The molecule has 0 unspecified atom stereocenters. The second-order valence-corrected chi connectivity index (χ2v) is 4.92. The lowest BCUT2D eigenvalue weighted by molar-refractivity contribution is 0.317. The Morgan fingerprint density at radius 2 is 2.15 bits per heavy atom. The summed E-state index contributed by atoms with van der Waals surface area (Å²) in [6.45, 7) is 3.51. The number of imidazole rings is 1. The molecule has 0 bridgehead atoms. The summed E-state index contributed by atoms with van der Waals surface area (Å²) in [6.07, 6.45) is 4.73. The van der Waals surface area contributed by atoms with Crippen LogP contribution in [-0.2, 0) is 13.6 Å². The van der Waals surface area contributed by atoms with E-state index in [9.17, 15) is 0 Å². The van der Waals surface area contributed by atoms with Gasteiger partial charge in [0, 0.05) is 50.0 Å². The number of rotatable bonds is 6. The van der Waals surface area contributed by atoms with Crippen LogP contribution in [0.15, 0.2) is 30.6 Å². The van der Waals surface area contributed by atoms with E-state index in [1.807, 2.05) is 43.1 Å². The van der Waals surface area contributed by atoms with Gasteiger partial charge in [0.15, 0.2) is 0 Å². The van der Waals surface area contributed by atoms with Crippen molar-refractivity contribution < 1.29 is 4.74 Å². The number of aryl methyl sites for hydroxylation is 1. The maximum Gasteiger partial charge on any atom is 0.127 e. The summed E-state index contributed by atoms with van der Waals surface area (Å²) in [6, 6.07) is 5.81. The SMILES string of the molecule is CCCOc1cc(N)cc(N(C)Cc2nccn2C)c1. The average molecular weight is 274 g/mol. The number of nitrogens with zero attached hydrogens (tertiary/aromatic N) is 3. The largest absolute Gasteiger partial charge is 0.493 e. The number of hydrogen-bond acceptors (Lipinski definition) is 4. The summed E-state index contributed by atoms with van der Waals surface area (Å²) >= 11 is 0. The number of nitrogen functional groups attached to an aromatic ring is 1. The lowest BCUT2D eigenvalue weighted by Crippen LogP contribution is -2.19. The van der Waals surface area contributed by atoms with Crippen molar-refractivity contribution in [3.8, 4) is 5.75 Å². The molecule has 2 N–H and O–H groups in total. The van der Waals surface area contributed by atoms with Crippen LogP contribution in [0.2, 0.25) is 0 Å². The highest BCUT2D eigenvalue weighted by Gasteiger charge is 2.08. The zero-order valence-corrected chi connectivity index (χ0v) is 12.3. The quantitative estimate of drug-likeness (QED) is 0.822. The Balaban J connectivity index is 2.14. The molecule has 1 aromatic carbocycles. The van der Waals surface area contributed by atoms with Crippen LogP contribution in [0.5, 0.6) is 5.75 Å². The Labute approximate surface area is 120 Å². The Morgan fingerprint density at radius 3 is 2.80 bits per heavy atom. The summed E-state index contributed by atoms with van der Waals surface area (Å²) in [5.41, 5.74) is 7.68. The van der Waals surface area contributed by atoms with E-state index < -0.39 is 0 Å². The molecule has 0 aliphatic heterocycles. The number of aromatic nitrogens is 2. The van der Waals surface area contributed by atoms with Crippen molar-refractivity contribution >= 4 is 11.4 Å². The fraction of sp³-hybridized carbons (Fsp3) is 0.400. The van der Waals surface area contributed by atoms with Crippen LogP contribution in [0.25, 0.3) is 0 Å². The summed E-state index contributed by atoms with van der Waals surface area (Å²) < 4.78 is 7.67. The molecule has 1 heterocycles. The molecule has 0 radical (unpaired) electrons. The van der Waals surface area contributed by atoms with E-state index in [0.717, 1.165) is 30.2 Å². The standard InChI is InChI=1S/C15H22N4O/c1-4-7-20-14-9-12(16)8-13(10-14)19(3)11-15-17-5-6-18(15)2/h5-6,8-10H,4,7,11,16H2,1-3H3. The first-order chi connectivity index (χ1) is 9.60. The highest BCUT2D eigenvalue weighted by molar-refractivity contribution is 5.60. The van der Waals surface area contributed by atoms with E-state index in [1.54, 1.807) is 6.20 Å². The number of ether oxygens (including phenoxy) is 1. The normalized spacial score (nSPS) is 10.6. The van der Waals surface area contributed by atoms with Gasteiger partial charge in [-0.15, -0.1) is 0 Å². The van der Waals surface area contributed by atoms with Crippen molar-refractivity contribution in [2.75, 3.05) is 24.3 Å². The van der Waals surface area contributed by atoms with Crippen LogP contribution < -0.4 is 15.4 Å². The third kappa shape index (κ3) is 3.44. The van der Waals surface area contributed by atoms with E-state index in [4.69, 9.17) is 10.5 Å². The number of anilines is 2. The molecule has 0 saturated carbocycles. The van der Waals surface area contributed by atoms with Crippen molar-refractivity contribution in [1.29, 1.82) is 0 Å². The van der Waals surface area contributed by atoms with E-state index in [2.05, 4.69) is 16.8 Å². The third-order valence-electron chi connectivity index (χ3n) is 3.13. The fourth-order valence-electron chi connectivity index (χ4n) is 1.98. The molecule has 2 rings (SSSR count). The van der Waals surface area contributed by atoms with Crippen molar-refractivity contribution in [3.63, 3.8) is 0 Å². The predicted molar refractivity (Wildman–Crippen MR) is 82.0 cm³/mol. The van der Waals surface area contributed by atoms with E-state index in [1.165, 1.54) is 0 Å². The Bertz CT molecular complexity index is 565. The molecule has 2 aromatic rings. The van der Waals surface area contributed by atoms with Crippen molar-refractivity contribution in [1.82, 2.24) is 9.55 Å².